The summed E-state index contributed by atoms with van der Waals surface area (Å²) in [5.74, 6) is 0.685. The van der Waals surface area contributed by atoms with Crippen LogP contribution in [0.2, 0.25) is 5.02 Å². The van der Waals surface area contributed by atoms with Crippen LogP contribution in [0.4, 0.5) is 0 Å². The number of hydrogen-bond donors (Lipinski definition) is 1. The molecule has 0 fully saturated rings. The van der Waals surface area contributed by atoms with E-state index < -0.39 is 0 Å². The average molecular weight is 283 g/mol. The molecule has 0 heterocycles. The minimum absolute atomic E-state index is 0.0621. The zero-order valence-corrected chi connectivity index (χ0v) is 13.3. The molecule has 0 aliphatic heterocycles. The molecule has 108 valence electrons. The first-order chi connectivity index (χ1) is 8.90. The Morgan fingerprint density at radius 3 is 2.42 bits per heavy atom. The number of hydrogen-bond acceptors (Lipinski definition) is 2. The third-order valence-electron chi connectivity index (χ3n) is 3.33. The largest absolute Gasteiger partial charge is 0.324 e. The molecular weight excluding hydrogens is 256 g/mol. The van der Waals surface area contributed by atoms with Crippen LogP contribution in [0.15, 0.2) is 24.3 Å². The summed E-state index contributed by atoms with van der Waals surface area (Å²) < 4.78 is 0. The summed E-state index contributed by atoms with van der Waals surface area (Å²) in [6.45, 7) is 11.2. The van der Waals surface area contributed by atoms with Gasteiger partial charge in [0.05, 0.1) is 0 Å². The number of halogens is 1. The SMILES string of the molecule is CC(C)CN(CCC(N)c1cccc(Cl)c1)C(C)C. The average Bonchev–Trinajstić information content (AvgIpc) is 2.33. The zero-order valence-electron chi connectivity index (χ0n) is 12.6. The smallest absolute Gasteiger partial charge is 0.0409 e. The third-order valence-corrected chi connectivity index (χ3v) is 3.57. The molecule has 1 aromatic rings. The van der Waals surface area contributed by atoms with E-state index in [0.717, 1.165) is 30.1 Å². The first-order valence-corrected chi connectivity index (χ1v) is 7.53. The quantitative estimate of drug-likeness (QED) is 0.816. The normalized spacial score (nSPS) is 13.5. The van der Waals surface area contributed by atoms with Crippen molar-refractivity contribution in [2.75, 3.05) is 13.1 Å². The molecule has 2 N–H and O–H groups in total. The number of benzene rings is 1. The first kappa shape index (κ1) is 16.5. The van der Waals surface area contributed by atoms with E-state index in [1.54, 1.807) is 0 Å². The predicted molar refractivity (Wildman–Crippen MR) is 84.5 cm³/mol. The molecule has 19 heavy (non-hydrogen) atoms. The van der Waals surface area contributed by atoms with E-state index in [1.165, 1.54) is 0 Å². The Hall–Kier alpha value is -0.570. The highest BCUT2D eigenvalue weighted by atomic mass is 35.5. The molecule has 0 saturated heterocycles. The van der Waals surface area contributed by atoms with Gasteiger partial charge in [-0.25, -0.2) is 0 Å². The lowest BCUT2D eigenvalue weighted by molar-refractivity contribution is 0.191. The van der Waals surface area contributed by atoms with Gasteiger partial charge in [0.15, 0.2) is 0 Å². The number of nitrogens with two attached hydrogens (primary N) is 1. The Bertz CT molecular complexity index is 377. The molecule has 0 spiro atoms. The van der Waals surface area contributed by atoms with Gasteiger partial charge < -0.3 is 10.6 Å². The molecule has 1 unspecified atom stereocenters. The van der Waals surface area contributed by atoms with Crippen molar-refractivity contribution in [1.29, 1.82) is 0 Å². The van der Waals surface area contributed by atoms with Crippen molar-refractivity contribution in [1.82, 2.24) is 4.90 Å². The fraction of sp³-hybridized carbons (Fsp3) is 0.625. The Kier molecular flexibility index (Phi) is 6.84. The van der Waals surface area contributed by atoms with E-state index in [1.807, 2.05) is 18.2 Å². The Balaban J connectivity index is 2.54. The minimum Gasteiger partial charge on any atom is -0.324 e. The zero-order chi connectivity index (χ0) is 14.4. The molecule has 0 radical (unpaired) electrons. The van der Waals surface area contributed by atoms with Crippen LogP contribution in [0.1, 0.15) is 45.7 Å². The van der Waals surface area contributed by atoms with E-state index in [0.29, 0.717) is 12.0 Å². The van der Waals surface area contributed by atoms with Crippen LogP contribution in [0.25, 0.3) is 0 Å². The molecule has 0 aliphatic rings. The van der Waals surface area contributed by atoms with Crippen molar-refractivity contribution in [2.24, 2.45) is 11.7 Å². The Morgan fingerprint density at radius 1 is 1.21 bits per heavy atom. The van der Waals surface area contributed by atoms with Gasteiger partial charge in [-0.15, -0.1) is 0 Å². The van der Waals surface area contributed by atoms with Crippen LogP contribution in [-0.2, 0) is 0 Å². The standard InChI is InChI=1S/C16H27ClN2/c1-12(2)11-19(13(3)4)9-8-16(18)14-6-5-7-15(17)10-14/h5-7,10,12-13,16H,8-9,11,18H2,1-4H3. The maximum Gasteiger partial charge on any atom is 0.0409 e. The summed E-state index contributed by atoms with van der Waals surface area (Å²) in [6.07, 6.45) is 0.964. The van der Waals surface area contributed by atoms with Crippen LogP contribution in [0, 0.1) is 5.92 Å². The van der Waals surface area contributed by atoms with Gasteiger partial charge in [-0.3, -0.25) is 0 Å². The van der Waals surface area contributed by atoms with Gasteiger partial charge in [0.2, 0.25) is 0 Å². The van der Waals surface area contributed by atoms with Crippen LogP contribution < -0.4 is 5.73 Å². The molecule has 2 nitrogen and oxygen atoms in total. The van der Waals surface area contributed by atoms with Crippen molar-refractivity contribution in [3.63, 3.8) is 0 Å². The van der Waals surface area contributed by atoms with Gasteiger partial charge in [-0.1, -0.05) is 37.6 Å². The van der Waals surface area contributed by atoms with Gasteiger partial charge in [0, 0.05) is 30.2 Å². The van der Waals surface area contributed by atoms with E-state index in [9.17, 15) is 0 Å². The maximum atomic E-state index is 6.26. The summed E-state index contributed by atoms with van der Waals surface area (Å²) in [6, 6.07) is 8.50. The molecule has 0 amide bonds. The lowest BCUT2D eigenvalue weighted by atomic mass is 10.0. The fourth-order valence-corrected chi connectivity index (χ4v) is 2.44. The lowest BCUT2D eigenvalue weighted by Gasteiger charge is -2.29. The van der Waals surface area contributed by atoms with E-state index >= 15 is 0 Å². The molecule has 1 rings (SSSR count). The molecule has 0 aromatic heterocycles. The van der Waals surface area contributed by atoms with Crippen LogP contribution in [0.5, 0.6) is 0 Å². The lowest BCUT2D eigenvalue weighted by Crippen LogP contribution is -2.36. The van der Waals surface area contributed by atoms with E-state index in [-0.39, 0.29) is 6.04 Å². The predicted octanol–water partition coefficient (Wildman–Crippen LogP) is 4.10. The summed E-state index contributed by atoms with van der Waals surface area (Å²) in [7, 11) is 0. The molecule has 1 atom stereocenters. The van der Waals surface area contributed by atoms with E-state index in [4.69, 9.17) is 17.3 Å². The summed E-state index contributed by atoms with van der Waals surface area (Å²) in [5.41, 5.74) is 7.38. The highest BCUT2D eigenvalue weighted by Gasteiger charge is 2.14. The molecule has 0 bridgehead atoms. The topological polar surface area (TPSA) is 29.3 Å². The second kappa shape index (κ2) is 7.88. The third kappa shape index (κ3) is 5.94. The molecule has 0 aliphatic carbocycles. The molecular formula is C16H27ClN2. The Labute approximate surface area is 122 Å². The molecule has 3 heteroatoms. The van der Waals surface area contributed by atoms with Gasteiger partial charge >= 0.3 is 0 Å². The van der Waals surface area contributed by atoms with E-state index in [2.05, 4.69) is 38.7 Å². The fourth-order valence-electron chi connectivity index (χ4n) is 2.24. The van der Waals surface area contributed by atoms with Gasteiger partial charge in [0.1, 0.15) is 0 Å². The highest BCUT2D eigenvalue weighted by molar-refractivity contribution is 6.30. The summed E-state index contributed by atoms with van der Waals surface area (Å²) >= 11 is 6.00. The highest BCUT2D eigenvalue weighted by Crippen LogP contribution is 2.19. The second-order valence-corrected chi connectivity index (χ2v) is 6.37. The van der Waals surface area contributed by atoms with Crippen molar-refractivity contribution in [3.05, 3.63) is 34.9 Å². The van der Waals surface area contributed by atoms with Gasteiger partial charge in [-0.05, 0) is 43.9 Å². The summed E-state index contributed by atoms with van der Waals surface area (Å²) in [5, 5.41) is 0.760. The van der Waals surface area contributed by atoms with Crippen molar-refractivity contribution < 1.29 is 0 Å². The van der Waals surface area contributed by atoms with Crippen LogP contribution in [-0.4, -0.2) is 24.0 Å². The van der Waals surface area contributed by atoms with Gasteiger partial charge in [0.25, 0.3) is 0 Å². The summed E-state index contributed by atoms with van der Waals surface area (Å²) in [4.78, 5) is 2.50. The Morgan fingerprint density at radius 2 is 1.89 bits per heavy atom. The minimum atomic E-state index is 0.0621. The molecule has 0 saturated carbocycles. The van der Waals surface area contributed by atoms with Crippen molar-refractivity contribution >= 4 is 11.6 Å². The number of nitrogens with zero attached hydrogens (tertiary/aromatic N) is 1. The van der Waals surface area contributed by atoms with Crippen molar-refractivity contribution in [2.45, 2.75) is 46.2 Å². The first-order valence-electron chi connectivity index (χ1n) is 7.15. The van der Waals surface area contributed by atoms with Crippen LogP contribution in [0.3, 0.4) is 0 Å². The molecule has 1 aromatic carbocycles. The van der Waals surface area contributed by atoms with Crippen LogP contribution >= 0.6 is 11.6 Å². The monoisotopic (exact) mass is 282 g/mol. The second-order valence-electron chi connectivity index (χ2n) is 5.93. The maximum absolute atomic E-state index is 6.26. The van der Waals surface area contributed by atoms with Crippen molar-refractivity contribution in [3.8, 4) is 0 Å². The number of rotatable bonds is 7. The van der Waals surface area contributed by atoms with Gasteiger partial charge in [-0.2, -0.15) is 0 Å².